The van der Waals surface area contributed by atoms with Gasteiger partial charge in [-0.15, -0.1) is 0 Å². The summed E-state index contributed by atoms with van der Waals surface area (Å²) in [5, 5.41) is 0. The maximum Gasteiger partial charge on any atom is 0.225 e. The summed E-state index contributed by atoms with van der Waals surface area (Å²) in [6.07, 6.45) is 3.20. The Morgan fingerprint density at radius 1 is 1.45 bits per heavy atom. The highest BCUT2D eigenvalue weighted by Crippen LogP contribution is 2.24. The van der Waals surface area contributed by atoms with E-state index >= 15 is 0 Å². The van der Waals surface area contributed by atoms with Gasteiger partial charge in [-0.1, -0.05) is 24.3 Å². The Bertz CT molecular complexity index is 458. The molecule has 1 aliphatic carbocycles. The van der Waals surface area contributed by atoms with E-state index in [2.05, 4.69) is 24.3 Å². The third-order valence-corrected chi connectivity index (χ3v) is 4.26. The number of rotatable bonds is 5. The van der Waals surface area contributed by atoms with Crippen molar-refractivity contribution < 1.29 is 9.53 Å². The Labute approximate surface area is 120 Å². The molecule has 0 radical (unpaired) electrons. The highest BCUT2D eigenvalue weighted by Gasteiger charge is 2.26. The van der Waals surface area contributed by atoms with E-state index in [1.807, 2.05) is 11.9 Å². The molecule has 20 heavy (non-hydrogen) atoms. The zero-order valence-electron chi connectivity index (χ0n) is 12.3. The number of nitrogens with zero attached hydrogens (tertiary/aromatic N) is 1. The van der Waals surface area contributed by atoms with Crippen LogP contribution < -0.4 is 5.73 Å². The molecule has 1 amide bonds. The number of amides is 1. The molecule has 4 nitrogen and oxygen atoms in total. The van der Waals surface area contributed by atoms with Crippen LogP contribution in [0, 0.1) is 0 Å². The van der Waals surface area contributed by atoms with Gasteiger partial charge in [-0.05, 0) is 30.4 Å². The third kappa shape index (κ3) is 3.38. The van der Waals surface area contributed by atoms with Gasteiger partial charge >= 0.3 is 0 Å². The molecule has 110 valence electrons. The second-order valence-electron chi connectivity index (χ2n) is 5.47. The minimum Gasteiger partial charge on any atom is -0.380 e. The Morgan fingerprint density at radius 3 is 2.80 bits per heavy atom. The number of aryl methyl sites for hydroxylation is 1. The van der Waals surface area contributed by atoms with Gasteiger partial charge in [-0.2, -0.15) is 0 Å². The quantitative estimate of drug-likeness (QED) is 0.883. The fraction of sp³-hybridized carbons (Fsp3) is 0.562. The van der Waals surface area contributed by atoms with Crippen LogP contribution in [0.5, 0.6) is 0 Å². The van der Waals surface area contributed by atoms with Crippen LogP contribution in [-0.4, -0.2) is 43.7 Å². The Kier molecular flexibility index (Phi) is 5.15. The van der Waals surface area contributed by atoms with Crippen LogP contribution in [0.1, 0.15) is 24.0 Å². The number of nitrogens with two attached hydrogens (primary N) is 1. The van der Waals surface area contributed by atoms with Gasteiger partial charge in [0.2, 0.25) is 5.91 Å². The first-order chi connectivity index (χ1) is 9.65. The summed E-state index contributed by atoms with van der Waals surface area (Å²) >= 11 is 0. The van der Waals surface area contributed by atoms with E-state index in [-0.39, 0.29) is 18.1 Å². The summed E-state index contributed by atoms with van der Waals surface area (Å²) in [6.45, 7) is 0.379. The lowest BCUT2D eigenvalue weighted by Gasteiger charge is -2.33. The first-order valence-electron chi connectivity index (χ1n) is 7.21. The van der Waals surface area contributed by atoms with Gasteiger partial charge in [0.15, 0.2) is 0 Å². The van der Waals surface area contributed by atoms with Gasteiger partial charge in [-0.25, -0.2) is 0 Å². The molecule has 2 atom stereocenters. The molecule has 0 unspecified atom stereocenters. The van der Waals surface area contributed by atoms with E-state index in [4.69, 9.17) is 10.5 Å². The molecule has 1 aliphatic rings. The van der Waals surface area contributed by atoms with Crippen molar-refractivity contribution in [1.29, 1.82) is 0 Å². The van der Waals surface area contributed by atoms with E-state index < -0.39 is 0 Å². The lowest BCUT2D eigenvalue weighted by Crippen LogP contribution is -2.42. The van der Waals surface area contributed by atoms with Gasteiger partial charge < -0.3 is 15.4 Å². The maximum absolute atomic E-state index is 12.3. The first-order valence-corrected chi connectivity index (χ1v) is 7.21. The normalized spacial score (nSPS) is 19.2. The van der Waals surface area contributed by atoms with Gasteiger partial charge in [-0.3, -0.25) is 4.79 Å². The summed E-state index contributed by atoms with van der Waals surface area (Å²) in [5.74, 6) is 0.117. The van der Waals surface area contributed by atoms with E-state index in [1.54, 1.807) is 7.11 Å². The SMILES string of the molecule is CO[C@@H](CN)CC(=O)N(C)[C@H]1CCc2ccccc2C1. The fourth-order valence-electron chi connectivity index (χ4n) is 2.81. The number of hydrogen-bond donors (Lipinski definition) is 1. The summed E-state index contributed by atoms with van der Waals surface area (Å²) in [5.41, 5.74) is 8.36. The molecule has 0 spiro atoms. The van der Waals surface area contributed by atoms with Crippen molar-refractivity contribution in [3.63, 3.8) is 0 Å². The monoisotopic (exact) mass is 276 g/mol. The van der Waals surface area contributed by atoms with Crippen molar-refractivity contribution >= 4 is 5.91 Å². The molecule has 1 aromatic rings. The van der Waals surface area contributed by atoms with Gasteiger partial charge in [0.05, 0.1) is 12.5 Å². The Balaban J connectivity index is 1.97. The number of carbonyl (C=O) groups is 1. The van der Waals surface area contributed by atoms with Crippen LogP contribution >= 0.6 is 0 Å². The number of fused-ring (bicyclic) bond motifs is 1. The maximum atomic E-state index is 12.3. The first kappa shape index (κ1) is 15.0. The zero-order valence-corrected chi connectivity index (χ0v) is 12.3. The van der Waals surface area contributed by atoms with Crippen LogP contribution in [-0.2, 0) is 22.4 Å². The standard InChI is InChI=1S/C16H24N2O2/c1-18(16(19)10-15(11-17)20-2)14-8-7-12-5-3-4-6-13(12)9-14/h3-6,14-15H,7-11,17H2,1-2H3/t14-,15+/m0/s1. The molecule has 1 aromatic carbocycles. The smallest absolute Gasteiger partial charge is 0.225 e. The summed E-state index contributed by atoms with van der Waals surface area (Å²) in [6, 6.07) is 8.78. The lowest BCUT2D eigenvalue weighted by atomic mass is 9.87. The molecule has 0 aliphatic heterocycles. The van der Waals surface area contributed by atoms with Crippen LogP contribution in [0.2, 0.25) is 0 Å². The number of likely N-dealkylation sites (N-methyl/N-ethyl adjacent to an activating group) is 1. The molecular formula is C16H24N2O2. The minimum atomic E-state index is -0.180. The van der Waals surface area contributed by atoms with Crippen molar-refractivity contribution in [2.24, 2.45) is 5.73 Å². The number of methoxy groups -OCH3 is 1. The fourth-order valence-corrected chi connectivity index (χ4v) is 2.81. The van der Waals surface area contributed by atoms with Gasteiger partial charge in [0, 0.05) is 26.7 Å². The van der Waals surface area contributed by atoms with Crippen LogP contribution in [0.4, 0.5) is 0 Å². The van der Waals surface area contributed by atoms with E-state index in [1.165, 1.54) is 11.1 Å². The number of ether oxygens (including phenoxy) is 1. The van der Waals surface area contributed by atoms with Crippen molar-refractivity contribution in [2.75, 3.05) is 20.7 Å². The van der Waals surface area contributed by atoms with E-state index in [9.17, 15) is 4.79 Å². The summed E-state index contributed by atoms with van der Waals surface area (Å²) in [7, 11) is 3.49. The molecule has 0 bridgehead atoms. The second-order valence-corrected chi connectivity index (χ2v) is 5.47. The van der Waals surface area contributed by atoms with Crippen LogP contribution in [0.15, 0.2) is 24.3 Å². The van der Waals surface area contributed by atoms with Crippen molar-refractivity contribution in [3.8, 4) is 0 Å². The van der Waals surface area contributed by atoms with Crippen molar-refractivity contribution in [3.05, 3.63) is 35.4 Å². The minimum absolute atomic E-state index is 0.117. The second kappa shape index (κ2) is 6.86. The average molecular weight is 276 g/mol. The average Bonchev–Trinajstić information content (AvgIpc) is 2.51. The predicted molar refractivity (Wildman–Crippen MR) is 79.5 cm³/mol. The molecule has 4 heteroatoms. The van der Waals surface area contributed by atoms with Crippen molar-refractivity contribution in [1.82, 2.24) is 4.90 Å². The number of carbonyl (C=O) groups excluding carboxylic acids is 1. The summed E-state index contributed by atoms with van der Waals surface area (Å²) < 4.78 is 5.19. The Hall–Kier alpha value is -1.39. The topological polar surface area (TPSA) is 55.6 Å². The zero-order chi connectivity index (χ0) is 14.5. The van der Waals surface area contributed by atoms with Crippen LogP contribution in [0.3, 0.4) is 0 Å². The molecule has 0 saturated heterocycles. The van der Waals surface area contributed by atoms with Gasteiger partial charge in [0.25, 0.3) is 0 Å². The van der Waals surface area contributed by atoms with Crippen molar-refractivity contribution in [2.45, 2.75) is 37.8 Å². The lowest BCUT2D eigenvalue weighted by molar-refractivity contribution is -0.134. The van der Waals surface area contributed by atoms with E-state index in [0.29, 0.717) is 13.0 Å². The van der Waals surface area contributed by atoms with Crippen LogP contribution in [0.25, 0.3) is 0 Å². The highest BCUT2D eigenvalue weighted by molar-refractivity contribution is 5.76. The third-order valence-electron chi connectivity index (χ3n) is 4.26. The van der Waals surface area contributed by atoms with E-state index in [0.717, 1.165) is 19.3 Å². The molecule has 2 rings (SSSR count). The molecule has 0 fully saturated rings. The number of benzene rings is 1. The molecule has 2 N–H and O–H groups in total. The largest absolute Gasteiger partial charge is 0.380 e. The predicted octanol–water partition coefficient (Wildman–Crippen LogP) is 1.37. The molecule has 0 aromatic heterocycles. The molecule has 0 heterocycles. The Morgan fingerprint density at radius 2 is 2.15 bits per heavy atom. The molecule has 0 saturated carbocycles. The molecular weight excluding hydrogens is 252 g/mol. The van der Waals surface area contributed by atoms with Gasteiger partial charge in [0.1, 0.15) is 0 Å². The summed E-state index contributed by atoms with van der Waals surface area (Å²) in [4.78, 5) is 14.1. The highest BCUT2D eigenvalue weighted by atomic mass is 16.5. The number of hydrogen-bond acceptors (Lipinski definition) is 3.